The number of rotatable bonds is 5. The molecule has 6 aromatic carbocycles. The number of aryl methyl sites for hydroxylation is 2. The van der Waals surface area contributed by atoms with Crippen molar-refractivity contribution < 1.29 is 51.2 Å². The van der Waals surface area contributed by atoms with Gasteiger partial charge in [0, 0.05) is 76.4 Å². The van der Waals surface area contributed by atoms with Crippen LogP contribution >= 0.6 is 15.9 Å². The normalized spacial score (nSPS) is 11.5. The van der Waals surface area contributed by atoms with Crippen LogP contribution in [0.1, 0.15) is 18.6 Å². The second-order valence-electron chi connectivity index (χ2n) is 13.3. The molecule has 0 unspecified atom stereocenters. The van der Waals surface area contributed by atoms with Gasteiger partial charge in [-0.2, -0.15) is 36.4 Å². The first-order valence-corrected chi connectivity index (χ1v) is 19.4. The Morgan fingerprint density at radius 2 is 0.921 bits per heavy atom. The van der Waals surface area contributed by atoms with Gasteiger partial charge in [0.15, 0.2) is 0 Å². The van der Waals surface area contributed by atoms with Gasteiger partial charge in [-0.05, 0) is 49.2 Å². The summed E-state index contributed by atoms with van der Waals surface area (Å²) in [5.41, 5.74) is 9.57. The fourth-order valence-corrected chi connectivity index (χ4v) is 6.84. The number of anilines is 8. The Bertz CT molecular complexity index is 2630. The van der Waals surface area contributed by atoms with Crippen molar-refractivity contribution in [3.05, 3.63) is 211 Å². The van der Waals surface area contributed by atoms with Crippen molar-refractivity contribution in [1.82, 2.24) is 19.9 Å². The molecule has 8 aromatic rings. The van der Waals surface area contributed by atoms with Crippen LogP contribution in [0.2, 0.25) is 0 Å². The van der Waals surface area contributed by atoms with Crippen molar-refractivity contribution in [3.63, 3.8) is 0 Å². The fourth-order valence-electron chi connectivity index (χ4n) is 6.49. The molecule has 10 nitrogen and oxygen atoms in total. The van der Waals surface area contributed by atoms with E-state index in [-0.39, 0.29) is 58.6 Å². The summed E-state index contributed by atoms with van der Waals surface area (Å²) < 4.78 is 0.998. The van der Waals surface area contributed by atoms with Crippen LogP contribution in [0.4, 0.5) is 46.0 Å². The van der Waals surface area contributed by atoms with Crippen LogP contribution in [-0.4, -0.2) is 38.7 Å². The van der Waals surface area contributed by atoms with Gasteiger partial charge < -0.3 is 30.6 Å². The largest absolute Gasteiger partial charge is 0.477 e. The van der Waals surface area contributed by atoms with Crippen LogP contribution in [0.5, 0.6) is 0 Å². The molecule has 0 atom stereocenters. The molecule has 0 amide bonds. The SMILES string of the molecule is Brc1cc[c-]c(N2[CH-]N(c3ccccc3)c3nccnc32)c1.C.Cc1ccccc1-c1cc[c-]c(N2[CH-]N(c3ccccc3)c3nccnc32)c1.O.O.[B]c1ccccc1C.[Ir].[Ir]. The molecule has 2 aromatic heterocycles. The molecular formula is C49H44BBrIr2N8O2-4. The van der Waals surface area contributed by atoms with Gasteiger partial charge in [0.25, 0.3) is 0 Å². The van der Waals surface area contributed by atoms with E-state index in [0.29, 0.717) is 0 Å². The molecule has 2 aliphatic rings. The third kappa shape index (κ3) is 11.9. The summed E-state index contributed by atoms with van der Waals surface area (Å²) in [5, 5.41) is 0. The molecule has 10 rings (SSSR count). The van der Waals surface area contributed by atoms with E-state index >= 15 is 0 Å². The van der Waals surface area contributed by atoms with Crippen molar-refractivity contribution in [3.8, 4) is 11.1 Å². The average Bonchev–Trinajstić information content (AvgIpc) is 3.86. The van der Waals surface area contributed by atoms with Crippen LogP contribution < -0.4 is 25.1 Å². The van der Waals surface area contributed by atoms with E-state index in [2.05, 4.69) is 108 Å². The molecule has 0 saturated carbocycles. The first-order valence-electron chi connectivity index (χ1n) is 18.6. The minimum absolute atomic E-state index is 0. The molecular weight excluding hydrogens is 1210 g/mol. The van der Waals surface area contributed by atoms with Crippen molar-refractivity contribution in [1.29, 1.82) is 0 Å². The number of nitrogens with zero attached hydrogens (tertiary/aromatic N) is 8. The van der Waals surface area contributed by atoms with Crippen LogP contribution in [0.25, 0.3) is 11.1 Å². The molecule has 0 spiro atoms. The molecule has 2 aliphatic heterocycles. The summed E-state index contributed by atoms with van der Waals surface area (Å²) in [6.45, 7) is 8.13. The van der Waals surface area contributed by atoms with Crippen molar-refractivity contribution in [2.24, 2.45) is 0 Å². The zero-order valence-corrected chi connectivity index (χ0v) is 39.9. The predicted octanol–water partition coefficient (Wildman–Crippen LogP) is 9.88. The summed E-state index contributed by atoms with van der Waals surface area (Å²) in [7, 11) is 5.52. The van der Waals surface area contributed by atoms with Crippen LogP contribution in [0.15, 0.2) is 175 Å². The zero-order chi connectivity index (χ0) is 39.8. The number of hydrogen-bond acceptors (Lipinski definition) is 8. The second-order valence-corrected chi connectivity index (χ2v) is 14.2. The quantitative estimate of drug-likeness (QED) is 0.123. The molecule has 324 valence electrons. The van der Waals surface area contributed by atoms with E-state index in [4.69, 9.17) is 7.85 Å². The molecule has 4 N–H and O–H groups in total. The third-order valence-electron chi connectivity index (χ3n) is 9.46. The number of para-hydroxylation sites is 2. The Balaban J connectivity index is 0.000000271. The number of benzene rings is 6. The van der Waals surface area contributed by atoms with Crippen LogP contribution in [0.3, 0.4) is 0 Å². The number of halogens is 1. The number of hydrogen-bond donors (Lipinski definition) is 0. The Morgan fingerprint density at radius 3 is 1.37 bits per heavy atom. The van der Waals surface area contributed by atoms with Gasteiger partial charge in [-0.1, -0.05) is 124 Å². The molecule has 63 heavy (non-hydrogen) atoms. The average molecular weight is 1250 g/mol. The predicted molar refractivity (Wildman–Crippen MR) is 253 cm³/mol. The van der Waals surface area contributed by atoms with E-state index in [1.807, 2.05) is 132 Å². The van der Waals surface area contributed by atoms with Gasteiger partial charge in [0.1, 0.15) is 31.1 Å². The topological polar surface area (TPSA) is 128 Å². The maximum absolute atomic E-state index is 5.52. The van der Waals surface area contributed by atoms with Gasteiger partial charge in [-0.15, -0.1) is 42.4 Å². The van der Waals surface area contributed by atoms with E-state index in [1.165, 1.54) is 11.1 Å². The van der Waals surface area contributed by atoms with Gasteiger partial charge in [-0.25, -0.2) is 19.9 Å². The van der Waals surface area contributed by atoms with Crippen molar-refractivity contribution >= 4 is 75.3 Å². The van der Waals surface area contributed by atoms with E-state index in [0.717, 1.165) is 67.1 Å². The van der Waals surface area contributed by atoms with Gasteiger partial charge >= 0.3 is 0 Å². The third-order valence-corrected chi connectivity index (χ3v) is 9.96. The summed E-state index contributed by atoms with van der Waals surface area (Å²) >= 11 is 3.50. The van der Waals surface area contributed by atoms with Crippen LogP contribution in [0, 0.1) is 39.3 Å². The van der Waals surface area contributed by atoms with Crippen molar-refractivity contribution in [2.75, 3.05) is 19.6 Å². The Kier molecular flexibility index (Phi) is 20.0. The Labute approximate surface area is 407 Å². The maximum atomic E-state index is 5.52. The summed E-state index contributed by atoms with van der Waals surface area (Å²) in [5.74, 6) is 3.20. The Hall–Kier alpha value is -5.56. The summed E-state index contributed by atoms with van der Waals surface area (Å²) in [4.78, 5) is 26.2. The molecule has 0 bridgehead atoms. The van der Waals surface area contributed by atoms with Gasteiger partial charge in [0.05, 0.1) is 0 Å². The smallest absolute Gasteiger partial charge is 0.145 e. The second kappa shape index (κ2) is 24.3. The Morgan fingerprint density at radius 1 is 0.508 bits per heavy atom. The maximum Gasteiger partial charge on any atom is 0.145 e. The molecule has 0 saturated heterocycles. The van der Waals surface area contributed by atoms with Gasteiger partial charge in [0.2, 0.25) is 0 Å². The fraction of sp³-hybridized carbons (Fsp3) is 0.0612. The van der Waals surface area contributed by atoms with E-state index < -0.39 is 0 Å². The molecule has 4 radical (unpaired) electrons. The van der Waals surface area contributed by atoms with Crippen LogP contribution in [-0.2, 0) is 40.2 Å². The van der Waals surface area contributed by atoms with E-state index in [1.54, 1.807) is 24.8 Å². The van der Waals surface area contributed by atoms with Gasteiger partial charge in [-0.3, -0.25) is 0 Å². The monoisotopic (exact) mass is 1250 g/mol. The zero-order valence-electron chi connectivity index (χ0n) is 33.5. The first kappa shape index (κ1) is 51.8. The molecule has 14 heteroatoms. The minimum Gasteiger partial charge on any atom is -0.477 e. The number of fused-ring (bicyclic) bond motifs is 2. The minimum atomic E-state index is 0. The molecule has 4 heterocycles. The standard InChI is InChI=1S/C24H18N4.C17H11BrN4.C7H7B.CH4.2Ir.2H2O/c1-18-8-5-6-13-22(18)19-9-7-12-21(16-19)28-17-27(20-10-3-2-4-11-20)23-24(28)26-15-14-25-23;18-13-5-4-8-15(11-13)22-12-21(14-6-2-1-3-7-14)16-17(22)20-10-9-19-16;1-6-4-2-3-5-7(6)8;;;;;/h2-11,13-17H,1H3;1-7,9-12H;2-5H,1H3;1H4;;;2*1H2/q2*-2;;;;;;. The summed E-state index contributed by atoms with van der Waals surface area (Å²) in [6.07, 6.45) is 6.85. The molecule has 0 aliphatic carbocycles. The van der Waals surface area contributed by atoms with Crippen molar-refractivity contribution in [2.45, 2.75) is 21.3 Å². The van der Waals surface area contributed by atoms with E-state index in [9.17, 15) is 0 Å². The number of aromatic nitrogens is 4. The first-order chi connectivity index (χ1) is 28.4. The summed E-state index contributed by atoms with van der Waals surface area (Å²) in [6, 6.07) is 55.1. The molecule has 0 fully saturated rings.